The van der Waals surface area contributed by atoms with Gasteiger partial charge >= 0.3 is 5.00 Å². The van der Waals surface area contributed by atoms with E-state index < -0.39 is 4.92 Å². The highest BCUT2D eigenvalue weighted by Gasteiger charge is 2.15. The summed E-state index contributed by atoms with van der Waals surface area (Å²) in [5.41, 5.74) is 5.08. The fraction of sp³-hybridized carbons (Fsp3) is 0.152. The largest absolute Gasteiger partial charge is 0.324 e. The molecule has 0 aliphatic heterocycles. The summed E-state index contributed by atoms with van der Waals surface area (Å²) in [7, 11) is 0. The number of aromatic nitrogens is 2. The third-order valence-electron chi connectivity index (χ3n) is 6.53. The molecule has 40 heavy (non-hydrogen) atoms. The minimum Gasteiger partial charge on any atom is -0.268 e. The topological polar surface area (TPSA) is 78.0 Å². The fourth-order valence-corrected chi connectivity index (χ4v) is 5.09. The van der Waals surface area contributed by atoms with Crippen LogP contribution in [0, 0.1) is 28.9 Å². The molecule has 0 amide bonds. The highest BCUT2D eigenvalue weighted by molar-refractivity contribution is 7.16. The summed E-state index contributed by atoms with van der Waals surface area (Å²) in [6.07, 6.45) is 3.46. The highest BCUT2D eigenvalue weighted by atomic mass is 32.1. The van der Waals surface area contributed by atoms with Crippen LogP contribution < -0.4 is 5.56 Å². The molecule has 7 heteroatoms. The molecule has 0 unspecified atom stereocenters. The molecule has 198 valence electrons. The van der Waals surface area contributed by atoms with Crippen molar-refractivity contribution in [1.82, 2.24) is 9.55 Å². The van der Waals surface area contributed by atoms with Gasteiger partial charge in [0.25, 0.3) is 5.56 Å². The second kappa shape index (κ2) is 10.8. The summed E-state index contributed by atoms with van der Waals surface area (Å²) in [5.74, 6) is 6.90. The lowest BCUT2D eigenvalue weighted by atomic mass is 9.87. The average Bonchev–Trinajstić information content (AvgIpc) is 3.41. The van der Waals surface area contributed by atoms with E-state index in [1.807, 2.05) is 49.4 Å². The lowest BCUT2D eigenvalue weighted by Crippen LogP contribution is -2.23. The molecular formula is C33H27N3O3S. The Morgan fingerprint density at radius 1 is 0.925 bits per heavy atom. The van der Waals surface area contributed by atoms with E-state index in [1.54, 1.807) is 34.9 Å². The van der Waals surface area contributed by atoms with Gasteiger partial charge in [0.15, 0.2) is 0 Å². The highest BCUT2D eigenvalue weighted by Crippen LogP contribution is 2.26. The van der Waals surface area contributed by atoms with Gasteiger partial charge in [-0.05, 0) is 84.1 Å². The Kier molecular flexibility index (Phi) is 7.20. The van der Waals surface area contributed by atoms with Crippen molar-refractivity contribution in [3.8, 4) is 17.5 Å². The summed E-state index contributed by atoms with van der Waals surface area (Å²) in [5, 5.41) is 11.6. The van der Waals surface area contributed by atoms with Crippen LogP contribution in [0.1, 0.15) is 53.7 Å². The number of hydrogen-bond acceptors (Lipinski definition) is 5. The van der Waals surface area contributed by atoms with E-state index in [-0.39, 0.29) is 16.0 Å². The first-order valence-corrected chi connectivity index (χ1v) is 13.6. The van der Waals surface area contributed by atoms with Gasteiger partial charge in [-0.2, -0.15) is 0 Å². The van der Waals surface area contributed by atoms with Crippen molar-refractivity contribution < 1.29 is 4.92 Å². The van der Waals surface area contributed by atoms with E-state index in [4.69, 9.17) is 4.98 Å². The van der Waals surface area contributed by atoms with Gasteiger partial charge < -0.3 is 0 Å². The minimum atomic E-state index is -0.416. The minimum absolute atomic E-state index is 0.0567. The predicted molar refractivity (Wildman–Crippen MR) is 163 cm³/mol. The van der Waals surface area contributed by atoms with E-state index in [1.165, 1.54) is 11.6 Å². The molecule has 0 spiro atoms. The Morgan fingerprint density at radius 2 is 1.62 bits per heavy atom. The molecule has 5 rings (SSSR count). The third-order valence-corrected chi connectivity index (χ3v) is 7.53. The SMILES string of the molecule is Cc1cc(C#Cc2ccc(C(C)(C)C)cc2)ccc1-n1c(/C=C/c2ccc([N+](=O)[O-])s2)nc2ccccc2c1=O. The van der Waals surface area contributed by atoms with Crippen molar-refractivity contribution in [1.29, 1.82) is 0 Å². The molecule has 5 aromatic rings. The molecule has 3 aromatic carbocycles. The first-order valence-electron chi connectivity index (χ1n) is 12.8. The van der Waals surface area contributed by atoms with Crippen LogP contribution in [-0.2, 0) is 5.41 Å². The molecule has 0 fully saturated rings. The quantitative estimate of drug-likeness (QED) is 0.133. The van der Waals surface area contributed by atoms with Crippen LogP contribution in [0.3, 0.4) is 0 Å². The first kappa shape index (κ1) is 26.8. The average molecular weight is 546 g/mol. The van der Waals surface area contributed by atoms with Crippen LogP contribution in [-0.4, -0.2) is 14.5 Å². The van der Waals surface area contributed by atoms with E-state index in [0.29, 0.717) is 27.3 Å². The molecule has 0 aliphatic carbocycles. The standard InChI is InChI=1S/C33H27N3O3S/c1-22-21-24(10-9-23-11-14-25(15-12-23)33(2,3)4)13-18-29(22)35-30(19-16-26-17-20-31(40-26)36(38)39)34-28-8-6-5-7-27(28)32(35)37/h5-8,11-21H,1-4H3/b19-16+. The van der Waals surface area contributed by atoms with Gasteiger partial charge in [0.05, 0.1) is 21.5 Å². The molecule has 2 aromatic heterocycles. The van der Waals surface area contributed by atoms with E-state index >= 15 is 0 Å². The Balaban J connectivity index is 1.54. The summed E-state index contributed by atoms with van der Waals surface area (Å²) < 4.78 is 1.58. The third kappa shape index (κ3) is 5.63. The number of fused-ring (bicyclic) bond motifs is 1. The molecule has 6 nitrogen and oxygen atoms in total. The zero-order valence-corrected chi connectivity index (χ0v) is 23.5. The first-order chi connectivity index (χ1) is 19.1. The summed E-state index contributed by atoms with van der Waals surface area (Å²) in [6.45, 7) is 8.49. The Bertz CT molecular complexity index is 1900. The Labute approximate surface area is 236 Å². The number of para-hydroxylation sites is 1. The predicted octanol–water partition coefficient (Wildman–Crippen LogP) is 7.53. The van der Waals surface area contributed by atoms with Crippen molar-refractivity contribution in [3.63, 3.8) is 0 Å². The van der Waals surface area contributed by atoms with Crippen LogP contribution in [0.25, 0.3) is 28.7 Å². The zero-order valence-electron chi connectivity index (χ0n) is 22.6. The smallest absolute Gasteiger partial charge is 0.268 e. The Hall–Kier alpha value is -4.80. The van der Waals surface area contributed by atoms with Crippen LogP contribution in [0.4, 0.5) is 5.00 Å². The number of nitro groups is 1. The molecule has 0 radical (unpaired) electrons. The number of thiophene rings is 1. The van der Waals surface area contributed by atoms with Crippen molar-refractivity contribution in [2.45, 2.75) is 33.1 Å². The van der Waals surface area contributed by atoms with Gasteiger partial charge in [0.1, 0.15) is 5.82 Å². The number of benzene rings is 3. The summed E-state index contributed by atoms with van der Waals surface area (Å²) >= 11 is 1.06. The maximum absolute atomic E-state index is 13.7. The van der Waals surface area contributed by atoms with Crippen molar-refractivity contribution in [2.24, 2.45) is 0 Å². The van der Waals surface area contributed by atoms with Crippen LogP contribution in [0.5, 0.6) is 0 Å². The van der Waals surface area contributed by atoms with E-state index in [0.717, 1.165) is 28.0 Å². The van der Waals surface area contributed by atoms with Crippen molar-refractivity contribution >= 4 is 39.4 Å². The number of nitrogens with zero attached hydrogens (tertiary/aromatic N) is 3. The summed E-state index contributed by atoms with van der Waals surface area (Å²) in [4.78, 5) is 29.8. The van der Waals surface area contributed by atoms with Crippen LogP contribution in [0.15, 0.2) is 83.7 Å². The maximum atomic E-state index is 13.7. The van der Waals surface area contributed by atoms with E-state index in [9.17, 15) is 14.9 Å². The van der Waals surface area contributed by atoms with Gasteiger partial charge in [-0.25, -0.2) is 4.98 Å². The molecule has 0 aliphatic rings. The van der Waals surface area contributed by atoms with Gasteiger partial charge in [-0.1, -0.05) is 68.2 Å². The summed E-state index contributed by atoms with van der Waals surface area (Å²) in [6, 6.07) is 24.4. The molecule has 0 atom stereocenters. The van der Waals surface area contributed by atoms with Crippen LogP contribution in [0.2, 0.25) is 0 Å². The van der Waals surface area contributed by atoms with Crippen LogP contribution >= 0.6 is 11.3 Å². The molecule has 2 heterocycles. The number of hydrogen-bond donors (Lipinski definition) is 0. The molecule has 0 bridgehead atoms. The second-order valence-electron chi connectivity index (χ2n) is 10.5. The van der Waals surface area contributed by atoms with Gasteiger partial charge in [-0.3, -0.25) is 19.5 Å². The zero-order chi connectivity index (χ0) is 28.4. The molecule has 0 saturated carbocycles. The van der Waals surface area contributed by atoms with E-state index in [2.05, 4.69) is 44.7 Å². The monoisotopic (exact) mass is 545 g/mol. The lowest BCUT2D eigenvalue weighted by Gasteiger charge is -2.18. The van der Waals surface area contributed by atoms with Crippen molar-refractivity contribution in [3.05, 3.63) is 132 Å². The van der Waals surface area contributed by atoms with Gasteiger partial charge in [-0.15, -0.1) is 0 Å². The molecule has 0 saturated heterocycles. The Morgan fingerprint density at radius 3 is 2.30 bits per heavy atom. The maximum Gasteiger partial charge on any atom is 0.324 e. The van der Waals surface area contributed by atoms with Gasteiger partial charge in [0.2, 0.25) is 0 Å². The number of aryl methyl sites for hydroxylation is 1. The molecule has 0 N–H and O–H groups in total. The fourth-order valence-electron chi connectivity index (χ4n) is 4.36. The molecular weight excluding hydrogens is 518 g/mol. The second-order valence-corrected chi connectivity index (χ2v) is 11.6. The number of rotatable bonds is 4. The van der Waals surface area contributed by atoms with Crippen molar-refractivity contribution in [2.75, 3.05) is 0 Å². The lowest BCUT2D eigenvalue weighted by molar-refractivity contribution is -0.380. The van der Waals surface area contributed by atoms with Gasteiger partial charge in [0, 0.05) is 22.1 Å². The normalized spacial score (nSPS) is 11.5.